The molecule has 0 unspecified atom stereocenters. The number of rotatable bonds is 10. The molecule has 7 nitrogen and oxygen atoms in total. The van der Waals surface area contributed by atoms with Crippen LogP contribution in [0.15, 0.2) is 85.1 Å². The van der Waals surface area contributed by atoms with Gasteiger partial charge in [0.25, 0.3) is 5.91 Å². The first-order chi connectivity index (χ1) is 17.6. The van der Waals surface area contributed by atoms with Crippen LogP contribution in [0.2, 0.25) is 0 Å². The molecule has 1 amide bonds. The minimum atomic E-state index is -0.423. The fourth-order valence-corrected chi connectivity index (χ4v) is 3.78. The summed E-state index contributed by atoms with van der Waals surface area (Å²) in [5.74, 6) is -0.102. The number of benzene rings is 3. The summed E-state index contributed by atoms with van der Waals surface area (Å²) in [6.07, 6.45) is 3.57. The molecule has 0 spiro atoms. The second-order valence-corrected chi connectivity index (χ2v) is 8.30. The molecule has 36 heavy (non-hydrogen) atoms. The molecule has 3 aromatic carbocycles. The molecule has 1 aromatic heterocycles. The molecule has 7 heteroatoms. The first kappa shape index (κ1) is 24.7. The van der Waals surface area contributed by atoms with Crippen LogP contribution in [0.5, 0.6) is 5.75 Å². The average molecular weight is 484 g/mol. The topological polar surface area (TPSA) is 82.4 Å². The summed E-state index contributed by atoms with van der Waals surface area (Å²) < 4.78 is 1.84. The highest BCUT2D eigenvalue weighted by atomic mass is 17.2. The van der Waals surface area contributed by atoms with Crippen molar-refractivity contribution >= 4 is 11.9 Å². The van der Waals surface area contributed by atoms with Crippen LogP contribution in [0.1, 0.15) is 48.3 Å². The van der Waals surface area contributed by atoms with Crippen LogP contribution in [0, 0.1) is 0 Å². The fraction of sp³-hybridized carbons (Fsp3) is 0.207. The maximum Gasteiger partial charge on any atom is 0.355 e. The van der Waals surface area contributed by atoms with Crippen LogP contribution in [-0.2, 0) is 22.6 Å². The number of amides is 1. The molecular weight excluding hydrogens is 454 g/mol. The standard InChI is InChI=1S/C29H29N3O4/c1-3-8-27-26(20-31-32(27)24-9-6-5-7-10-24)29(34)30-19-21-11-13-22(14-12-21)23-15-17-25(18-16-23)35-36-28(33)4-2/h5-7,9-18,20H,3-4,8,19H2,1-2H3,(H,30,34). The molecule has 0 bridgehead atoms. The van der Waals surface area contributed by atoms with Gasteiger partial charge in [0.1, 0.15) is 0 Å². The van der Waals surface area contributed by atoms with Crippen LogP contribution in [0.25, 0.3) is 16.8 Å². The summed E-state index contributed by atoms with van der Waals surface area (Å²) in [4.78, 5) is 33.9. The van der Waals surface area contributed by atoms with E-state index in [4.69, 9.17) is 4.89 Å². The highest BCUT2D eigenvalue weighted by Crippen LogP contribution is 2.23. The molecular formula is C29H29N3O4. The van der Waals surface area contributed by atoms with Crippen molar-refractivity contribution in [3.63, 3.8) is 0 Å². The lowest BCUT2D eigenvalue weighted by atomic mass is 10.0. The first-order valence-electron chi connectivity index (χ1n) is 12.1. The van der Waals surface area contributed by atoms with Gasteiger partial charge in [-0.3, -0.25) is 14.6 Å². The van der Waals surface area contributed by atoms with Gasteiger partial charge < -0.3 is 5.32 Å². The lowest BCUT2D eigenvalue weighted by Gasteiger charge is -2.10. The molecule has 184 valence electrons. The van der Waals surface area contributed by atoms with Gasteiger partial charge in [0, 0.05) is 13.0 Å². The van der Waals surface area contributed by atoms with E-state index in [1.807, 2.05) is 71.4 Å². The fourth-order valence-electron chi connectivity index (χ4n) is 3.78. The van der Waals surface area contributed by atoms with Crippen molar-refractivity contribution in [2.24, 2.45) is 0 Å². The maximum atomic E-state index is 13.0. The zero-order valence-electron chi connectivity index (χ0n) is 20.4. The minimum Gasteiger partial charge on any atom is -0.348 e. The molecule has 0 saturated heterocycles. The number of carbonyl (C=O) groups excluding carboxylic acids is 2. The zero-order valence-corrected chi connectivity index (χ0v) is 20.4. The lowest BCUT2D eigenvalue weighted by Crippen LogP contribution is -2.23. The molecule has 0 aliphatic heterocycles. The third kappa shape index (κ3) is 5.99. The van der Waals surface area contributed by atoms with Crippen molar-refractivity contribution in [2.45, 2.75) is 39.7 Å². The van der Waals surface area contributed by atoms with Crippen molar-refractivity contribution in [3.8, 4) is 22.6 Å². The van der Waals surface area contributed by atoms with Gasteiger partial charge in [-0.15, -0.1) is 0 Å². The van der Waals surface area contributed by atoms with Crippen LogP contribution in [-0.4, -0.2) is 21.7 Å². The number of carbonyl (C=O) groups is 2. The van der Waals surface area contributed by atoms with E-state index >= 15 is 0 Å². The van der Waals surface area contributed by atoms with Crippen molar-refractivity contribution in [1.29, 1.82) is 0 Å². The van der Waals surface area contributed by atoms with Crippen molar-refractivity contribution in [1.82, 2.24) is 15.1 Å². The molecule has 0 atom stereocenters. The first-order valence-corrected chi connectivity index (χ1v) is 12.1. The van der Waals surface area contributed by atoms with Crippen LogP contribution < -0.4 is 10.2 Å². The Morgan fingerprint density at radius 3 is 2.19 bits per heavy atom. The van der Waals surface area contributed by atoms with Gasteiger partial charge in [0.15, 0.2) is 5.75 Å². The van der Waals surface area contributed by atoms with E-state index in [0.717, 1.165) is 40.9 Å². The van der Waals surface area contributed by atoms with Gasteiger partial charge in [-0.25, -0.2) is 9.48 Å². The Bertz CT molecular complexity index is 1300. The van der Waals surface area contributed by atoms with Gasteiger partial charge in [0.2, 0.25) is 0 Å². The van der Waals surface area contributed by atoms with Crippen LogP contribution in [0.4, 0.5) is 0 Å². The van der Waals surface area contributed by atoms with E-state index in [-0.39, 0.29) is 12.3 Å². The van der Waals surface area contributed by atoms with Crippen LogP contribution >= 0.6 is 0 Å². The van der Waals surface area contributed by atoms with E-state index in [1.54, 1.807) is 25.3 Å². The third-order valence-electron chi connectivity index (χ3n) is 5.72. The van der Waals surface area contributed by atoms with Crippen molar-refractivity contribution < 1.29 is 19.4 Å². The highest BCUT2D eigenvalue weighted by molar-refractivity contribution is 5.95. The number of hydrogen-bond acceptors (Lipinski definition) is 5. The number of nitrogens with one attached hydrogen (secondary N) is 1. The average Bonchev–Trinajstić information content (AvgIpc) is 3.35. The summed E-state index contributed by atoms with van der Waals surface area (Å²) in [5.41, 5.74) is 5.47. The number of hydrogen-bond donors (Lipinski definition) is 1. The number of nitrogens with zero attached hydrogens (tertiary/aromatic N) is 2. The molecule has 0 radical (unpaired) electrons. The van der Waals surface area contributed by atoms with Gasteiger partial charge in [-0.1, -0.05) is 74.9 Å². The Morgan fingerprint density at radius 1 is 0.889 bits per heavy atom. The normalized spacial score (nSPS) is 10.6. The summed E-state index contributed by atoms with van der Waals surface area (Å²) in [7, 11) is 0. The Kier molecular flexibility index (Phi) is 8.13. The summed E-state index contributed by atoms with van der Waals surface area (Å²) in [5, 5.41) is 7.50. The van der Waals surface area contributed by atoms with Crippen LogP contribution in [0.3, 0.4) is 0 Å². The second-order valence-electron chi connectivity index (χ2n) is 8.30. The predicted octanol–water partition coefficient (Wildman–Crippen LogP) is 5.67. The summed E-state index contributed by atoms with van der Waals surface area (Å²) in [6.45, 7) is 4.21. The zero-order chi connectivity index (χ0) is 25.3. The molecule has 0 aliphatic carbocycles. The maximum absolute atomic E-state index is 13.0. The molecule has 0 fully saturated rings. The minimum absolute atomic E-state index is 0.135. The lowest BCUT2D eigenvalue weighted by molar-refractivity contribution is -0.213. The van der Waals surface area contributed by atoms with Gasteiger partial charge >= 0.3 is 5.97 Å². The Morgan fingerprint density at radius 2 is 1.56 bits per heavy atom. The molecule has 4 aromatic rings. The summed E-state index contributed by atoms with van der Waals surface area (Å²) in [6, 6.07) is 25.1. The van der Waals surface area contributed by atoms with E-state index in [2.05, 4.69) is 22.2 Å². The SMILES string of the molecule is CCCc1c(C(=O)NCc2ccc(-c3ccc(OOC(=O)CC)cc3)cc2)cnn1-c1ccccc1. The molecule has 1 heterocycles. The highest BCUT2D eigenvalue weighted by Gasteiger charge is 2.17. The number of aromatic nitrogens is 2. The predicted molar refractivity (Wildman–Crippen MR) is 138 cm³/mol. The van der Waals surface area contributed by atoms with Crippen molar-refractivity contribution in [3.05, 3.63) is 102 Å². The van der Waals surface area contributed by atoms with Gasteiger partial charge in [-0.05, 0) is 47.4 Å². The van der Waals surface area contributed by atoms with Gasteiger partial charge in [0.05, 0.1) is 23.1 Å². The Labute approximate surface area is 210 Å². The smallest absolute Gasteiger partial charge is 0.348 e. The van der Waals surface area contributed by atoms with E-state index in [1.165, 1.54) is 0 Å². The quantitative estimate of drug-likeness (QED) is 0.232. The van der Waals surface area contributed by atoms with E-state index in [0.29, 0.717) is 17.9 Å². The summed E-state index contributed by atoms with van der Waals surface area (Å²) >= 11 is 0. The molecule has 1 N–H and O–H groups in total. The Hall–Kier alpha value is -4.39. The largest absolute Gasteiger partial charge is 0.355 e. The van der Waals surface area contributed by atoms with Gasteiger partial charge in [-0.2, -0.15) is 5.10 Å². The molecule has 4 rings (SSSR count). The monoisotopic (exact) mass is 483 g/mol. The molecule has 0 saturated carbocycles. The van der Waals surface area contributed by atoms with E-state index < -0.39 is 5.97 Å². The second kappa shape index (κ2) is 11.8. The van der Waals surface area contributed by atoms with Crippen molar-refractivity contribution in [2.75, 3.05) is 0 Å². The number of para-hydroxylation sites is 1. The molecule has 0 aliphatic rings. The third-order valence-corrected chi connectivity index (χ3v) is 5.72. The Balaban J connectivity index is 1.38. The van der Waals surface area contributed by atoms with E-state index in [9.17, 15) is 9.59 Å².